The Hall–Kier alpha value is -4.59. The Bertz CT molecular complexity index is 1720. The fraction of sp³-hybridized carbons (Fsp3) is 0.394. The van der Waals surface area contributed by atoms with Gasteiger partial charge in [0.2, 0.25) is 0 Å². The summed E-state index contributed by atoms with van der Waals surface area (Å²) in [5.41, 5.74) is 3.04. The van der Waals surface area contributed by atoms with Crippen molar-refractivity contribution in [3.05, 3.63) is 83.2 Å². The number of carboxylic acid groups (broad SMARTS) is 1. The molecule has 0 saturated heterocycles. The number of hydrogen-bond acceptors (Lipinski definition) is 7. The van der Waals surface area contributed by atoms with Crippen LogP contribution in [-0.2, 0) is 17.6 Å². The number of carbonyl (C=O) groups excluding carboxylic acids is 1. The quantitative estimate of drug-likeness (QED) is 0.217. The monoisotopic (exact) mass is 658 g/mol. The maximum atomic E-state index is 15.4. The first-order valence-corrected chi connectivity index (χ1v) is 14.9. The number of benzene rings is 1. The van der Waals surface area contributed by atoms with Crippen molar-refractivity contribution in [3.63, 3.8) is 0 Å². The zero-order valence-electron chi connectivity index (χ0n) is 26.3. The Labute approximate surface area is 268 Å². The molecule has 1 aromatic carbocycles. The highest BCUT2D eigenvalue weighted by molar-refractivity contribution is 5.98. The molecular formula is C33H35F5N6O3. The first-order valence-electron chi connectivity index (χ1n) is 14.9. The number of aromatic nitrogens is 4. The second-order valence-electron chi connectivity index (χ2n) is 12.0. The number of hydrogen-bond donors (Lipinski definition) is 2. The lowest BCUT2D eigenvalue weighted by atomic mass is 9.77. The van der Waals surface area contributed by atoms with Crippen LogP contribution in [0.3, 0.4) is 0 Å². The molecule has 1 amide bonds. The van der Waals surface area contributed by atoms with Crippen molar-refractivity contribution in [1.82, 2.24) is 30.4 Å². The van der Waals surface area contributed by atoms with Crippen LogP contribution in [0.4, 0.5) is 22.0 Å². The number of aryl methyl sites for hydroxylation is 1. The smallest absolute Gasteiger partial charge is 0.475 e. The molecule has 0 aliphatic heterocycles. The van der Waals surface area contributed by atoms with Crippen molar-refractivity contribution in [2.45, 2.75) is 57.4 Å². The highest BCUT2D eigenvalue weighted by Gasteiger charge is 2.39. The fourth-order valence-electron chi connectivity index (χ4n) is 5.23. The van der Waals surface area contributed by atoms with Crippen LogP contribution in [0.2, 0.25) is 0 Å². The van der Waals surface area contributed by atoms with Crippen molar-refractivity contribution < 1.29 is 36.6 Å². The highest BCUT2D eigenvalue weighted by Crippen LogP contribution is 2.38. The van der Waals surface area contributed by atoms with Gasteiger partial charge in [-0.2, -0.15) is 23.4 Å². The summed E-state index contributed by atoms with van der Waals surface area (Å²) < 4.78 is 62.4. The van der Waals surface area contributed by atoms with Gasteiger partial charge in [0, 0.05) is 34.8 Å². The van der Waals surface area contributed by atoms with E-state index in [9.17, 15) is 18.0 Å². The summed E-state index contributed by atoms with van der Waals surface area (Å²) in [6.07, 6.45) is 1.63. The molecule has 14 heteroatoms. The van der Waals surface area contributed by atoms with E-state index in [2.05, 4.69) is 25.5 Å². The third-order valence-electron chi connectivity index (χ3n) is 8.08. The normalized spacial score (nSPS) is 16.7. The Balaban J connectivity index is 0.000000644. The van der Waals surface area contributed by atoms with Gasteiger partial charge in [0.05, 0.1) is 24.1 Å². The number of fused-ring (bicyclic) bond motifs is 2. The van der Waals surface area contributed by atoms with Crippen molar-refractivity contribution in [3.8, 4) is 11.3 Å². The maximum Gasteiger partial charge on any atom is 0.490 e. The number of pyridine rings is 2. The number of nitrogens with zero attached hydrogens (tertiary/aromatic N) is 5. The lowest BCUT2D eigenvalue weighted by Crippen LogP contribution is -2.36. The van der Waals surface area contributed by atoms with Crippen LogP contribution < -0.4 is 5.32 Å². The van der Waals surface area contributed by atoms with Crippen LogP contribution in [0.15, 0.2) is 55.0 Å². The number of carboxylic acids is 1. The zero-order chi connectivity index (χ0) is 34.5. The minimum atomic E-state index is -5.08. The van der Waals surface area contributed by atoms with E-state index in [4.69, 9.17) is 9.90 Å². The van der Waals surface area contributed by atoms with Gasteiger partial charge in [-0.15, -0.1) is 0 Å². The number of halogens is 5. The highest BCUT2D eigenvalue weighted by atomic mass is 19.4. The van der Waals surface area contributed by atoms with E-state index < -0.39 is 29.5 Å². The molecule has 0 bridgehead atoms. The zero-order valence-corrected chi connectivity index (χ0v) is 26.3. The largest absolute Gasteiger partial charge is 0.490 e. The molecule has 2 atom stereocenters. The molecule has 250 valence electrons. The van der Waals surface area contributed by atoms with Gasteiger partial charge in [-0.1, -0.05) is 19.9 Å². The lowest BCUT2D eigenvalue weighted by molar-refractivity contribution is -0.192. The molecule has 0 unspecified atom stereocenters. The van der Waals surface area contributed by atoms with Gasteiger partial charge < -0.3 is 15.3 Å². The summed E-state index contributed by atoms with van der Waals surface area (Å²) >= 11 is 0. The van der Waals surface area contributed by atoms with Gasteiger partial charge in [-0.25, -0.2) is 18.6 Å². The fourth-order valence-corrected chi connectivity index (χ4v) is 5.23. The van der Waals surface area contributed by atoms with E-state index in [0.717, 1.165) is 34.6 Å². The first-order chi connectivity index (χ1) is 22.1. The number of carbonyl (C=O) groups is 2. The third-order valence-corrected chi connectivity index (χ3v) is 8.08. The van der Waals surface area contributed by atoms with Crippen LogP contribution in [0.5, 0.6) is 0 Å². The second kappa shape index (κ2) is 14.4. The summed E-state index contributed by atoms with van der Waals surface area (Å²) in [5, 5.41) is 18.4. The molecular weight excluding hydrogens is 623 g/mol. The SMILES string of the molecule is CC(C)[C@]1(F)CCc2nc3c(F)cc(C(=O)N[C@H](CCN(C)C)c4ccc(-c5ccnnc5)nc4)cc3cc2C1.O=C(O)C(F)(F)F. The van der Waals surface area contributed by atoms with Gasteiger partial charge in [0.1, 0.15) is 17.0 Å². The summed E-state index contributed by atoms with van der Waals surface area (Å²) in [5.74, 6) is -3.85. The maximum absolute atomic E-state index is 15.4. The van der Waals surface area contributed by atoms with Gasteiger partial charge in [0.25, 0.3) is 5.91 Å². The number of amides is 1. The predicted octanol–water partition coefficient (Wildman–Crippen LogP) is 6.14. The minimum absolute atomic E-state index is 0.130. The molecule has 4 aromatic rings. The third kappa shape index (κ3) is 8.82. The molecule has 2 N–H and O–H groups in total. The van der Waals surface area contributed by atoms with Crippen molar-refractivity contribution in [2.75, 3.05) is 20.6 Å². The molecule has 47 heavy (non-hydrogen) atoms. The standard InChI is InChI=1S/C31H34F2N6O.C2HF3O2/c1-19(2)31(33)10-7-27-24(16-31)14-22-13-23(15-25(32)29(22)37-27)30(40)38-28(9-12-39(3)4)20-5-6-26(34-17-20)21-8-11-35-36-18-21;3-2(4,5)1(6)7/h5-6,8,11,13-15,17-19,28H,7,9-10,12,16H2,1-4H3,(H,38,40);(H,6,7)/t28-,31+;/m1./s1. The van der Waals surface area contributed by atoms with Crippen molar-refractivity contribution in [2.24, 2.45) is 5.92 Å². The van der Waals surface area contributed by atoms with Crippen LogP contribution in [-0.4, -0.2) is 74.5 Å². The van der Waals surface area contributed by atoms with Gasteiger partial charge in [-0.05, 0) is 87.3 Å². The average Bonchev–Trinajstić information content (AvgIpc) is 3.02. The predicted molar refractivity (Wildman–Crippen MR) is 165 cm³/mol. The van der Waals surface area contributed by atoms with Crippen LogP contribution in [0, 0.1) is 11.7 Å². The van der Waals surface area contributed by atoms with E-state index in [1.807, 2.05) is 51.0 Å². The van der Waals surface area contributed by atoms with Crippen molar-refractivity contribution >= 4 is 22.8 Å². The molecule has 0 saturated carbocycles. The Morgan fingerprint density at radius 1 is 1.09 bits per heavy atom. The summed E-state index contributed by atoms with van der Waals surface area (Å²) in [7, 11) is 3.93. The Kier molecular flexibility index (Phi) is 10.8. The molecule has 1 aliphatic carbocycles. The van der Waals surface area contributed by atoms with Crippen LogP contribution in [0.1, 0.15) is 59.9 Å². The summed E-state index contributed by atoms with van der Waals surface area (Å²) in [4.78, 5) is 33.5. The molecule has 0 fully saturated rings. The van der Waals surface area contributed by atoms with Gasteiger partial charge in [0.15, 0.2) is 0 Å². The second-order valence-corrected chi connectivity index (χ2v) is 12.0. The first kappa shape index (κ1) is 35.3. The Morgan fingerprint density at radius 3 is 2.38 bits per heavy atom. The van der Waals surface area contributed by atoms with Gasteiger partial charge in [-0.3, -0.25) is 9.78 Å². The van der Waals surface area contributed by atoms with Gasteiger partial charge >= 0.3 is 12.1 Å². The van der Waals surface area contributed by atoms with Crippen LogP contribution >= 0.6 is 0 Å². The van der Waals surface area contributed by atoms with E-state index in [1.165, 1.54) is 6.07 Å². The molecule has 9 nitrogen and oxygen atoms in total. The van der Waals surface area contributed by atoms with Crippen molar-refractivity contribution in [1.29, 1.82) is 0 Å². The number of alkyl halides is 4. The minimum Gasteiger partial charge on any atom is -0.475 e. The molecule has 0 radical (unpaired) electrons. The summed E-state index contributed by atoms with van der Waals surface area (Å²) in [6.45, 7) is 4.49. The molecule has 1 aliphatic rings. The topological polar surface area (TPSA) is 121 Å². The van der Waals surface area contributed by atoms with E-state index in [0.29, 0.717) is 24.6 Å². The van der Waals surface area contributed by atoms with E-state index in [-0.39, 0.29) is 29.5 Å². The van der Waals surface area contributed by atoms with E-state index in [1.54, 1.807) is 30.7 Å². The lowest BCUT2D eigenvalue weighted by Gasteiger charge is -2.34. The summed E-state index contributed by atoms with van der Waals surface area (Å²) in [6, 6.07) is 9.97. The molecule has 0 spiro atoms. The van der Waals surface area contributed by atoms with Crippen LogP contribution in [0.25, 0.3) is 22.2 Å². The molecule has 3 aromatic heterocycles. The Morgan fingerprint density at radius 2 is 1.81 bits per heavy atom. The van der Waals surface area contributed by atoms with E-state index >= 15 is 8.78 Å². The molecule has 5 rings (SSSR count). The number of aliphatic carboxylic acids is 1. The number of rotatable bonds is 8. The average molecular weight is 659 g/mol. The number of nitrogens with one attached hydrogen (secondary N) is 1. The molecule has 3 heterocycles.